The zero-order valence-corrected chi connectivity index (χ0v) is 22.9. The average Bonchev–Trinajstić information content (AvgIpc) is 2.73. The van der Waals surface area contributed by atoms with E-state index in [0.29, 0.717) is 16.7 Å². The topological polar surface area (TPSA) is 49.4 Å². The van der Waals surface area contributed by atoms with Crippen LogP contribution in [-0.2, 0) is 21.6 Å². The summed E-state index contributed by atoms with van der Waals surface area (Å²) < 4.78 is 69.9. The molecule has 0 aromatic heterocycles. The Morgan fingerprint density at radius 3 is 1.86 bits per heavy atom. The third-order valence-corrected chi connectivity index (χ3v) is 8.01. The Bertz CT molecular complexity index is 1110. The minimum atomic E-state index is -4.57. The van der Waals surface area contributed by atoms with E-state index in [2.05, 4.69) is 9.62 Å². The molecule has 3 rings (SSSR count). The number of rotatable bonds is 4. The number of nitrogens with zero attached hydrogens (tertiary/aromatic N) is 1. The lowest BCUT2D eigenvalue weighted by molar-refractivity contribution is -0.137. The van der Waals surface area contributed by atoms with Crippen molar-refractivity contribution in [2.75, 3.05) is 24.9 Å². The Morgan fingerprint density at radius 2 is 1.40 bits per heavy atom. The highest BCUT2D eigenvalue weighted by atomic mass is 32.2. The van der Waals surface area contributed by atoms with Gasteiger partial charge < -0.3 is 4.90 Å². The second-order valence-corrected chi connectivity index (χ2v) is 11.8. The largest absolute Gasteiger partial charge is 0.416 e. The van der Waals surface area contributed by atoms with Gasteiger partial charge in [0.15, 0.2) is 0 Å². The van der Waals surface area contributed by atoms with Crippen molar-refractivity contribution in [1.82, 2.24) is 4.90 Å². The molecule has 1 fully saturated rings. The fourth-order valence-corrected chi connectivity index (χ4v) is 5.96. The molecule has 1 N–H and O–H groups in total. The molecule has 0 unspecified atom stereocenters. The number of likely N-dealkylation sites (tertiary alicyclic amines) is 1. The van der Waals surface area contributed by atoms with Gasteiger partial charge in [-0.15, -0.1) is 0 Å². The Kier molecular flexibility index (Phi) is 9.09. The molecule has 2 aromatic carbocycles. The molecular formula is C27H39F3N2O2S. The lowest BCUT2D eigenvalue weighted by Gasteiger charge is -2.30. The molecule has 0 amide bonds. The number of sulfonamides is 1. The Labute approximate surface area is 209 Å². The van der Waals surface area contributed by atoms with E-state index >= 15 is 0 Å². The van der Waals surface area contributed by atoms with E-state index in [0.717, 1.165) is 43.6 Å². The summed E-state index contributed by atoms with van der Waals surface area (Å²) in [6.07, 6.45) is -3.10. The second-order valence-electron chi connectivity index (χ2n) is 10.2. The molecule has 0 saturated carbocycles. The van der Waals surface area contributed by atoms with Gasteiger partial charge in [-0.25, -0.2) is 8.42 Å². The molecule has 2 aromatic rings. The van der Waals surface area contributed by atoms with E-state index in [4.69, 9.17) is 0 Å². The van der Waals surface area contributed by atoms with Crippen LogP contribution in [0.2, 0.25) is 0 Å². The number of benzene rings is 2. The summed E-state index contributed by atoms with van der Waals surface area (Å²) in [5.41, 5.74) is 1.60. The normalized spacial score (nSPS) is 16.0. The molecule has 8 heteroatoms. The monoisotopic (exact) mass is 512 g/mol. The van der Waals surface area contributed by atoms with Crippen LogP contribution in [0, 0.1) is 13.8 Å². The maximum atomic E-state index is 13.6. The van der Waals surface area contributed by atoms with Gasteiger partial charge in [0.05, 0.1) is 10.5 Å². The second kappa shape index (κ2) is 10.9. The first-order chi connectivity index (χ1) is 16.1. The van der Waals surface area contributed by atoms with Crippen LogP contribution in [0.25, 0.3) is 0 Å². The van der Waals surface area contributed by atoms with Crippen LogP contribution in [0.1, 0.15) is 81.2 Å². The van der Waals surface area contributed by atoms with Crippen molar-refractivity contribution in [2.24, 2.45) is 0 Å². The number of hydrogen-bond donors (Lipinski definition) is 1. The van der Waals surface area contributed by atoms with Crippen LogP contribution >= 0.6 is 0 Å². The summed E-state index contributed by atoms with van der Waals surface area (Å²) in [4.78, 5) is 2.24. The number of hydrogen-bond acceptors (Lipinski definition) is 3. The predicted octanol–water partition coefficient (Wildman–Crippen LogP) is 7.26. The summed E-state index contributed by atoms with van der Waals surface area (Å²) in [5.74, 6) is -0.0405. The maximum absolute atomic E-state index is 13.6. The summed E-state index contributed by atoms with van der Waals surface area (Å²) in [5, 5.41) is 0. The van der Waals surface area contributed by atoms with Crippen LogP contribution < -0.4 is 4.72 Å². The Morgan fingerprint density at radius 1 is 0.886 bits per heavy atom. The molecule has 0 atom stereocenters. The summed E-state index contributed by atoms with van der Waals surface area (Å²) in [7, 11) is -2.10. The lowest BCUT2D eigenvalue weighted by atomic mass is 9.85. The van der Waals surface area contributed by atoms with Crippen molar-refractivity contribution in [1.29, 1.82) is 0 Å². The van der Waals surface area contributed by atoms with Crippen molar-refractivity contribution >= 4 is 15.7 Å². The molecule has 0 aliphatic carbocycles. The van der Waals surface area contributed by atoms with Gasteiger partial charge in [0.25, 0.3) is 10.0 Å². The smallest absolute Gasteiger partial charge is 0.306 e. The lowest BCUT2D eigenvalue weighted by Crippen LogP contribution is -2.29. The molecule has 0 bridgehead atoms. The van der Waals surface area contributed by atoms with Gasteiger partial charge in [-0.1, -0.05) is 46.8 Å². The molecule has 4 nitrogen and oxygen atoms in total. The summed E-state index contributed by atoms with van der Waals surface area (Å²) >= 11 is 0. The van der Waals surface area contributed by atoms with E-state index in [1.807, 2.05) is 53.8 Å². The van der Waals surface area contributed by atoms with E-state index < -0.39 is 21.8 Å². The van der Waals surface area contributed by atoms with Crippen molar-refractivity contribution in [2.45, 2.75) is 83.7 Å². The van der Waals surface area contributed by atoms with Crippen molar-refractivity contribution in [3.05, 3.63) is 58.1 Å². The van der Waals surface area contributed by atoms with E-state index in [-0.39, 0.29) is 21.9 Å². The average molecular weight is 513 g/mol. The number of halogens is 3. The number of anilines is 1. The van der Waals surface area contributed by atoms with Gasteiger partial charge in [0.2, 0.25) is 0 Å². The van der Waals surface area contributed by atoms with Gasteiger partial charge in [0.1, 0.15) is 0 Å². The minimum Gasteiger partial charge on any atom is -0.306 e. The van der Waals surface area contributed by atoms with E-state index in [9.17, 15) is 21.6 Å². The summed E-state index contributed by atoms with van der Waals surface area (Å²) in [6.45, 7) is 15.1. The molecule has 0 radical (unpaired) electrons. The third kappa shape index (κ3) is 7.23. The van der Waals surface area contributed by atoms with Crippen LogP contribution in [0.5, 0.6) is 0 Å². The Balaban J connectivity index is 0.00000210. The molecule has 1 saturated heterocycles. The van der Waals surface area contributed by atoms with Gasteiger partial charge in [-0.3, -0.25) is 4.72 Å². The highest BCUT2D eigenvalue weighted by molar-refractivity contribution is 7.92. The van der Waals surface area contributed by atoms with Crippen molar-refractivity contribution in [3.8, 4) is 0 Å². The first-order valence-corrected chi connectivity index (χ1v) is 13.6. The third-order valence-electron chi connectivity index (χ3n) is 6.32. The van der Waals surface area contributed by atoms with Crippen LogP contribution in [0.4, 0.5) is 18.9 Å². The van der Waals surface area contributed by atoms with Crippen molar-refractivity contribution < 1.29 is 21.6 Å². The minimum absolute atomic E-state index is 0.0405. The number of nitrogens with one attached hydrogen (secondary N) is 1. The molecular weight excluding hydrogens is 473 g/mol. The fraction of sp³-hybridized carbons (Fsp3) is 0.556. The highest BCUT2D eigenvalue weighted by Crippen LogP contribution is 2.37. The fourth-order valence-electron chi connectivity index (χ4n) is 4.47. The highest BCUT2D eigenvalue weighted by Gasteiger charge is 2.33. The predicted molar refractivity (Wildman–Crippen MR) is 138 cm³/mol. The van der Waals surface area contributed by atoms with Gasteiger partial charge in [-0.05, 0) is 98.6 Å². The number of alkyl halides is 3. The van der Waals surface area contributed by atoms with E-state index in [1.54, 1.807) is 19.9 Å². The maximum Gasteiger partial charge on any atom is 0.416 e. The van der Waals surface area contributed by atoms with Gasteiger partial charge in [-0.2, -0.15) is 13.2 Å². The zero-order chi connectivity index (χ0) is 26.8. The molecule has 0 spiro atoms. The first kappa shape index (κ1) is 29.2. The number of aryl methyl sites for hydroxylation is 2. The zero-order valence-electron chi connectivity index (χ0n) is 22.1. The first-order valence-electron chi connectivity index (χ1n) is 12.1. The quantitative estimate of drug-likeness (QED) is 0.469. The molecule has 35 heavy (non-hydrogen) atoms. The Hall–Kier alpha value is -2.06. The van der Waals surface area contributed by atoms with Gasteiger partial charge >= 0.3 is 6.18 Å². The van der Waals surface area contributed by atoms with Crippen LogP contribution in [-0.4, -0.2) is 33.5 Å². The SMILES string of the molecule is CC.Cc1cc(C(C)(C)C)cc(C)c1S(=O)(=O)Nc1cc(C2CCN(C)CC2)cc(C(F)(F)F)c1. The number of piperidine rings is 1. The molecule has 1 aliphatic rings. The van der Waals surface area contributed by atoms with E-state index in [1.165, 1.54) is 0 Å². The molecule has 1 heterocycles. The standard InChI is InChI=1S/C25H33F3N2O2S.C2H6/c1-16-11-20(24(3,4)5)12-17(2)23(16)33(31,32)29-22-14-19(13-21(15-22)25(26,27)28)18-7-9-30(6)10-8-18;1-2/h11-15,18,29H,7-10H2,1-6H3;1-2H3. The molecule has 196 valence electrons. The van der Waals surface area contributed by atoms with Gasteiger partial charge in [0, 0.05) is 5.69 Å². The molecule has 1 aliphatic heterocycles. The van der Waals surface area contributed by atoms with Crippen molar-refractivity contribution in [3.63, 3.8) is 0 Å². The summed E-state index contributed by atoms with van der Waals surface area (Å²) in [6, 6.07) is 7.25. The van der Waals surface area contributed by atoms with Crippen LogP contribution in [0.15, 0.2) is 35.2 Å². The van der Waals surface area contributed by atoms with Crippen LogP contribution in [0.3, 0.4) is 0 Å².